The fraction of sp³-hybridized carbons (Fsp3) is 0.263. The number of benzene rings is 2. The van der Waals surface area contributed by atoms with Crippen molar-refractivity contribution in [3.05, 3.63) is 57.3 Å². The molecule has 27 heavy (non-hydrogen) atoms. The Morgan fingerprint density at radius 1 is 1.26 bits per heavy atom. The average Bonchev–Trinajstić information content (AvgIpc) is 3.05. The van der Waals surface area contributed by atoms with E-state index in [-0.39, 0.29) is 17.8 Å². The van der Waals surface area contributed by atoms with Crippen molar-refractivity contribution >= 4 is 55.0 Å². The molecule has 1 amide bonds. The smallest absolute Gasteiger partial charge is 0.274 e. The maximum atomic E-state index is 13.3. The Kier molecular flexibility index (Phi) is 5.34. The number of hydrogen-bond acceptors (Lipinski definition) is 4. The van der Waals surface area contributed by atoms with Crippen LogP contribution in [0.1, 0.15) is 23.2 Å². The summed E-state index contributed by atoms with van der Waals surface area (Å²) in [5, 5.41) is 0.985. The van der Waals surface area contributed by atoms with E-state index in [1.165, 1.54) is 23.5 Å². The van der Waals surface area contributed by atoms with Gasteiger partial charge in [0.05, 0.1) is 20.8 Å². The van der Waals surface area contributed by atoms with Gasteiger partial charge in [-0.25, -0.2) is 9.37 Å². The molecule has 2 aromatic carbocycles. The van der Waals surface area contributed by atoms with Gasteiger partial charge in [0.15, 0.2) is 0 Å². The molecule has 0 aliphatic carbocycles. The number of thiazole rings is 1. The number of aromatic nitrogens is 1. The van der Waals surface area contributed by atoms with E-state index in [1.807, 2.05) is 6.07 Å². The second-order valence-corrected chi connectivity index (χ2v) is 8.64. The van der Waals surface area contributed by atoms with Crippen molar-refractivity contribution in [2.45, 2.75) is 18.9 Å². The molecule has 0 atom stereocenters. The van der Waals surface area contributed by atoms with Gasteiger partial charge in [-0.1, -0.05) is 38.9 Å². The minimum Gasteiger partial charge on any atom is -0.467 e. The van der Waals surface area contributed by atoms with Crippen LogP contribution in [0.25, 0.3) is 10.2 Å². The number of nitrogens with zero attached hydrogens (tertiary/aromatic N) is 2. The van der Waals surface area contributed by atoms with Crippen LogP contribution >= 0.6 is 38.9 Å². The highest BCUT2D eigenvalue weighted by molar-refractivity contribution is 9.10. The molecular formula is C19H15BrClFN2O2S. The predicted molar refractivity (Wildman–Crippen MR) is 108 cm³/mol. The molecule has 8 heteroatoms. The highest BCUT2D eigenvalue weighted by Gasteiger charge is 2.26. The Labute approximate surface area is 173 Å². The Morgan fingerprint density at radius 3 is 2.81 bits per heavy atom. The van der Waals surface area contributed by atoms with Gasteiger partial charge in [-0.05, 0) is 36.4 Å². The summed E-state index contributed by atoms with van der Waals surface area (Å²) in [5.41, 5.74) is 1.23. The molecule has 0 radical (unpaired) electrons. The van der Waals surface area contributed by atoms with E-state index in [0.29, 0.717) is 41.7 Å². The van der Waals surface area contributed by atoms with Gasteiger partial charge in [0.2, 0.25) is 0 Å². The summed E-state index contributed by atoms with van der Waals surface area (Å²) in [6, 6.07) is 9.77. The molecule has 1 saturated heterocycles. The zero-order chi connectivity index (χ0) is 19.0. The summed E-state index contributed by atoms with van der Waals surface area (Å²) in [6.07, 6.45) is 1.40. The van der Waals surface area contributed by atoms with Gasteiger partial charge in [-0.15, -0.1) is 0 Å². The number of likely N-dealkylation sites (tertiary alicyclic amines) is 1. The molecular weight excluding hydrogens is 455 g/mol. The van der Waals surface area contributed by atoms with Gasteiger partial charge in [-0.3, -0.25) is 4.79 Å². The summed E-state index contributed by atoms with van der Waals surface area (Å²) in [7, 11) is 0. The molecule has 4 nitrogen and oxygen atoms in total. The van der Waals surface area contributed by atoms with Crippen molar-refractivity contribution in [1.82, 2.24) is 9.88 Å². The van der Waals surface area contributed by atoms with Crippen molar-refractivity contribution in [3.8, 4) is 5.19 Å². The molecule has 4 rings (SSSR count). The second-order valence-electron chi connectivity index (χ2n) is 6.33. The lowest BCUT2D eigenvalue weighted by molar-refractivity contribution is 0.0595. The molecule has 0 spiro atoms. The fourth-order valence-corrected chi connectivity index (χ4v) is 4.54. The number of carbonyl (C=O) groups is 1. The highest BCUT2D eigenvalue weighted by Crippen LogP contribution is 2.31. The highest BCUT2D eigenvalue weighted by atomic mass is 79.9. The molecule has 1 aromatic heterocycles. The van der Waals surface area contributed by atoms with Crippen LogP contribution in [0.5, 0.6) is 5.19 Å². The third-order valence-corrected chi connectivity index (χ3v) is 6.22. The van der Waals surface area contributed by atoms with Crippen LogP contribution in [0.15, 0.2) is 40.9 Å². The van der Waals surface area contributed by atoms with E-state index < -0.39 is 0 Å². The zero-order valence-electron chi connectivity index (χ0n) is 14.1. The number of ether oxygens (including phenoxy) is 1. The average molecular weight is 470 g/mol. The van der Waals surface area contributed by atoms with Crippen LogP contribution in [-0.2, 0) is 0 Å². The number of piperidine rings is 1. The van der Waals surface area contributed by atoms with Gasteiger partial charge < -0.3 is 9.64 Å². The standard InChI is InChI=1S/C19H15BrClFN2O2S/c20-11-1-3-15(21)14(9-11)18(25)24-7-5-13(6-8-24)26-19-23-16-4-2-12(22)10-17(16)27-19/h1-4,9-10,13H,5-8H2. The van der Waals surface area contributed by atoms with Crippen molar-refractivity contribution in [2.75, 3.05) is 13.1 Å². The van der Waals surface area contributed by atoms with Gasteiger partial charge in [-0.2, -0.15) is 0 Å². The third-order valence-electron chi connectivity index (χ3n) is 4.49. The van der Waals surface area contributed by atoms with Crippen LogP contribution in [0.4, 0.5) is 4.39 Å². The van der Waals surface area contributed by atoms with E-state index in [1.54, 1.807) is 23.1 Å². The summed E-state index contributed by atoms with van der Waals surface area (Å²) in [5.74, 6) is -0.356. The summed E-state index contributed by atoms with van der Waals surface area (Å²) < 4.78 is 20.9. The molecule has 2 heterocycles. The van der Waals surface area contributed by atoms with Gasteiger partial charge in [0.1, 0.15) is 11.9 Å². The van der Waals surface area contributed by atoms with Gasteiger partial charge >= 0.3 is 0 Å². The summed E-state index contributed by atoms with van der Waals surface area (Å²) in [4.78, 5) is 18.9. The molecule has 0 saturated carbocycles. The minimum absolute atomic E-state index is 0.0163. The first-order chi connectivity index (χ1) is 13.0. The molecule has 1 aliphatic heterocycles. The first-order valence-corrected chi connectivity index (χ1v) is 10.5. The molecule has 0 unspecified atom stereocenters. The Hall–Kier alpha value is -1.70. The zero-order valence-corrected chi connectivity index (χ0v) is 17.3. The van der Waals surface area contributed by atoms with Crippen LogP contribution < -0.4 is 4.74 Å². The predicted octanol–water partition coefficient (Wildman–Crippen LogP) is 5.53. The Morgan fingerprint density at radius 2 is 2.04 bits per heavy atom. The van der Waals surface area contributed by atoms with Crippen molar-refractivity contribution in [2.24, 2.45) is 0 Å². The normalized spacial score (nSPS) is 15.3. The number of rotatable bonds is 3. The first kappa shape index (κ1) is 18.7. The lowest BCUT2D eigenvalue weighted by atomic mass is 10.1. The van der Waals surface area contributed by atoms with Gasteiger partial charge in [0.25, 0.3) is 11.1 Å². The van der Waals surface area contributed by atoms with Crippen molar-refractivity contribution < 1.29 is 13.9 Å². The van der Waals surface area contributed by atoms with Crippen LogP contribution in [0.3, 0.4) is 0 Å². The van der Waals surface area contributed by atoms with Crippen LogP contribution in [-0.4, -0.2) is 35.0 Å². The molecule has 140 valence electrons. The maximum absolute atomic E-state index is 13.3. The number of hydrogen-bond donors (Lipinski definition) is 0. The topological polar surface area (TPSA) is 42.4 Å². The van der Waals surface area contributed by atoms with Crippen molar-refractivity contribution in [1.29, 1.82) is 0 Å². The van der Waals surface area contributed by atoms with E-state index in [4.69, 9.17) is 16.3 Å². The summed E-state index contributed by atoms with van der Waals surface area (Å²) in [6.45, 7) is 1.18. The fourth-order valence-electron chi connectivity index (χ4n) is 3.08. The maximum Gasteiger partial charge on any atom is 0.274 e. The van der Waals surface area contributed by atoms with E-state index in [2.05, 4.69) is 20.9 Å². The number of carbonyl (C=O) groups excluding carboxylic acids is 1. The molecule has 1 aliphatic rings. The molecule has 1 fully saturated rings. The number of halogens is 3. The monoisotopic (exact) mass is 468 g/mol. The quantitative estimate of drug-likeness (QED) is 0.506. The summed E-state index contributed by atoms with van der Waals surface area (Å²) >= 11 is 10.9. The Bertz CT molecular complexity index is 1000. The lowest BCUT2D eigenvalue weighted by Crippen LogP contribution is -2.41. The SMILES string of the molecule is O=C(c1cc(Br)ccc1Cl)N1CCC(Oc2nc3ccc(F)cc3s2)CC1. The van der Waals surface area contributed by atoms with E-state index >= 15 is 0 Å². The molecule has 0 bridgehead atoms. The largest absolute Gasteiger partial charge is 0.467 e. The van der Waals surface area contributed by atoms with E-state index in [0.717, 1.165) is 14.7 Å². The molecule has 0 N–H and O–H groups in total. The third kappa shape index (κ3) is 4.10. The van der Waals surface area contributed by atoms with Crippen LogP contribution in [0, 0.1) is 5.82 Å². The van der Waals surface area contributed by atoms with Crippen molar-refractivity contribution in [3.63, 3.8) is 0 Å². The minimum atomic E-state index is -0.282. The second kappa shape index (κ2) is 7.73. The number of amides is 1. The number of fused-ring (bicyclic) bond motifs is 1. The lowest BCUT2D eigenvalue weighted by Gasteiger charge is -2.31. The Balaban J connectivity index is 1.39. The van der Waals surface area contributed by atoms with Crippen LogP contribution in [0.2, 0.25) is 5.02 Å². The van der Waals surface area contributed by atoms with E-state index in [9.17, 15) is 9.18 Å². The molecule has 3 aromatic rings. The first-order valence-electron chi connectivity index (χ1n) is 8.46. The van der Waals surface area contributed by atoms with Gasteiger partial charge in [0, 0.05) is 30.4 Å².